The van der Waals surface area contributed by atoms with Crippen LogP contribution in [0.4, 0.5) is 0 Å². The highest BCUT2D eigenvalue weighted by Gasteiger charge is 2.22. The van der Waals surface area contributed by atoms with E-state index in [-0.39, 0.29) is 24.0 Å². The molecule has 1 amide bonds. The molecule has 0 fully saturated rings. The number of nitrogens with zero attached hydrogens (tertiary/aromatic N) is 1. The predicted octanol–water partition coefficient (Wildman–Crippen LogP) is 1.65. The monoisotopic (exact) mass is 201 g/mol. The van der Waals surface area contributed by atoms with Gasteiger partial charge in [0, 0.05) is 19.0 Å². The third kappa shape index (κ3) is 5.22. The molecule has 0 saturated carbocycles. The van der Waals surface area contributed by atoms with Crippen molar-refractivity contribution in [3.63, 3.8) is 0 Å². The highest BCUT2D eigenvalue weighted by Crippen LogP contribution is 2.20. The van der Waals surface area contributed by atoms with Gasteiger partial charge in [-0.1, -0.05) is 20.8 Å². The molecule has 0 heterocycles. The third-order valence-corrected chi connectivity index (χ3v) is 1.97. The molecule has 1 N–H and O–H groups in total. The van der Waals surface area contributed by atoms with Crippen molar-refractivity contribution in [2.45, 2.75) is 47.1 Å². The molecule has 0 radical (unpaired) electrons. The maximum Gasteiger partial charge on any atom is 0.223 e. The van der Waals surface area contributed by atoms with E-state index in [1.807, 2.05) is 34.6 Å². The van der Waals surface area contributed by atoms with Crippen molar-refractivity contribution in [3.8, 4) is 0 Å². The molecule has 0 aliphatic rings. The van der Waals surface area contributed by atoms with Crippen molar-refractivity contribution < 1.29 is 9.90 Å². The number of aliphatic hydroxyl groups excluding tert-OH is 1. The Morgan fingerprint density at radius 3 is 2.14 bits per heavy atom. The molecule has 0 unspecified atom stereocenters. The topological polar surface area (TPSA) is 40.5 Å². The van der Waals surface area contributed by atoms with Crippen molar-refractivity contribution in [3.05, 3.63) is 0 Å². The summed E-state index contributed by atoms with van der Waals surface area (Å²) in [6, 6.07) is 0.164. The highest BCUT2D eigenvalue weighted by atomic mass is 16.3. The van der Waals surface area contributed by atoms with E-state index in [1.165, 1.54) is 0 Å². The Kier molecular flexibility index (Phi) is 5.13. The van der Waals surface area contributed by atoms with Crippen LogP contribution in [0.2, 0.25) is 0 Å². The summed E-state index contributed by atoms with van der Waals surface area (Å²) in [6.45, 7) is 10.5. The third-order valence-electron chi connectivity index (χ3n) is 1.97. The van der Waals surface area contributed by atoms with Crippen LogP contribution in [0.3, 0.4) is 0 Å². The van der Waals surface area contributed by atoms with E-state index in [4.69, 9.17) is 5.11 Å². The summed E-state index contributed by atoms with van der Waals surface area (Å²) in [6.07, 6.45) is 0.533. The van der Waals surface area contributed by atoms with Gasteiger partial charge < -0.3 is 10.0 Å². The predicted molar refractivity (Wildman–Crippen MR) is 58.0 cm³/mol. The first-order valence-electron chi connectivity index (χ1n) is 5.18. The molecule has 0 saturated heterocycles. The lowest BCUT2D eigenvalue weighted by Crippen LogP contribution is -2.40. The van der Waals surface area contributed by atoms with E-state index >= 15 is 0 Å². The summed E-state index contributed by atoms with van der Waals surface area (Å²) in [7, 11) is 0. The van der Waals surface area contributed by atoms with Gasteiger partial charge in [-0.2, -0.15) is 0 Å². The Morgan fingerprint density at radius 2 is 1.86 bits per heavy atom. The van der Waals surface area contributed by atoms with Crippen LogP contribution in [-0.4, -0.2) is 35.1 Å². The lowest BCUT2D eigenvalue weighted by molar-refractivity contribution is -0.135. The number of carbonyl (C=O) groups excluding carboxylic acids is 1. The van der Waals surface area contributed by atoms with Crippen molar-refractivity contribution in [2.24, 2.45) is 5.41 Å². The Labute approximate surface area is 87.1 Å². The second-order valence-electron chi connectivity index (χ2n) is 5.14. The Bertz CT molecular complexity index is 182. The average Bonchev–Trinajstić information content (AvgIpc) is 1.95. The van der Waals surface area contributed by atoms with Crippen molar-refractivity contribution in [1.29, 1.82) is 0 Å². The van der Waals surface area contributed by atoms with Crippen LogP contribution in [0.15, 0.2) is 0 Å². The normalized spacial score (nSPS) is 11.9. The largest absolute Gasteiger partial charge is 0.395 e. The molecule has 0 atom stereocenters. The summed E-state index contributed by atoms with van der Waals surface area (Å²) >= 11 is 0. The Balaban J connectivity index is 4.30. The van der Waals surface area contributed by atoms with Crippen LogP contribution < -0.4 is 0 Å². The Hall–Kier alpha value is -0.570. The van der Waals surface area contributed by atoms with Crippen LogP contribution in [-0.2, 0) is 4.79 Å². The lowest BCUT2D eigenvalue weighted by Gasteiger charge is -2.29. The van der Waals surface area contributed by atoms with Gasteiger partial charge in [0.25, 0.3) is 0 Å². The molecule has 0 rings (SSSR count). The average molecular weight is 201 g/mol. The first-order chi connectivity index (χ1) is 6.28. The minimum atomic E-state index is 0.0136. The molecule has 84 valence electrons. The molecule has 0 spiro atoms. The first-order valence-corrected chi connectivity index (χ1v) is 5.18. The molecule has 0 aromatic heterocycles. The summed E-state index contributed by atoms with van der Waals surface area (Å²) in [5.41, 5.74) is 0.0136. The fourth-order valence-electron chi connectivity index (χ4n) is 1.33. The fraction of sp³-hybridized carbons (Fsp3) is 0.909. The van der Waals surface area contributed by atoms with Gasteiger partial charge in [0.1, 0.15) is 0 Å². The minimum absolute atomic E-state index is 0.0136. The van der Waals surface area contributed by atoms with E-state index in [9.17, 15) is 4.79 Å². The molecule has 3 nitrogen and oxygen atoms in total. The van der Waals surface area contributed by atoms with Crippen LogP contribution in [0.25, 0.3) is 0 Å². The number of rotatable bonds is 4. The summed E-state index contributed by atoms with van der Waals surface area (Å²) in [5.74, 6) is 0.126. The van der Waals surface area contributed by atoms with Gasteiger partial charge in [-0.3, -0.25) is 4.79 Å². The van der Waals surface area contributed by atoms with Gasteiger partial charge in [0.05, 0.1) is 6.61 Å². The maximum atomic E-state index is 11.8. The zero-order valence-electron chi connectivity index (χ0n) is 10.0. The fourth-order valence-corrected chi connectivity index (χ4v) is 1.33. The number of aliphatic hydroxyl groups is 1. The molecule has 14 heavy (non-hydrogen) atoms. The number of carbonyl (C=O) groups is 1. The summed E-state index contributed by atoms with van der Waals surface area (Å²) < 4.78 is 0. The summed E-state index contributed by atoms with van der Waals surface area (Å²) in [5, 5.41) is 8.84. The standard InChI is InChI=1S/C11H23NO2/c1-9(2)12(6-7-13)10(14)8-11(3,4)5/h9,13H,6-8H2,1-5H3. The molecule has 0 aliphatic carbocycles. The van der Waals surface area contributed by atoms with E-state index < -0.39 is 0 Å². The molecular weight excluding hydrogens is 178 g/mol. The molecule has 3 heteroatoms. The van der Waals surface area contributed by atoms with Gasteiger partial charge in [-0.25, -0.2) is 0 Å². The molecule has 0 bridgehead atoms. The van der Waals surface area contributed by atoms with Gasteiger partial charge in [0.2, 0.25) is 5.91 Å². The van der Waals surface area contributed by atoms with Crippen LogP contribution in [0.5, 0.6) is 0 Å². The van der Waals surface area contributed by atoms with E-state index in [2.05, 4.69) is 0 Å². The molecular formula is C11H23NO2. The zero-order valence-corrected chi connectivity index (χ0v) is 10.0. The smallest absolute Gasteiger partial charge is 0.223 e. The second kappa shape index (κ2) is 5.35. The summed E-state index contributed by atoms with van der Waals surface area (Å²) in [4.78, 5) is 13.5. The quantitative estimate of drug-likeness (QED) is 0.751. The number of hydrogen-bond acceptors (Lipinski definition) is 2. The Morgan fingerprint density at radius 1 is 1.36 bits per heavy atom. The van der Waals surface area contributed by atoms with E-state index in [0.29, 0.717) is 13.0 Å². The van der Waals surface area contributed by atoms with Gasteiger partial charge >= 0.3 is 0 Å². The molecule has 0 aromatic rings. The second-order valence-corrected chi connectivity index (χ2v) is 5.14. The SMILES string of the molecule is CC(C)N(CCO)C(=O)CC(C)(C)C. The van der Waals surface area contributed by atoms with Gasteiger partial charge in [0.15, 0.2) is 0 Å². The number of amides is 1. The maximum absolute atomic E-state index is 11.8. The van der Waals surface area contributed by atoms with Crippen molar-refractivity contribution >= 4 is 5.91 Å². The number of hydrogen-bond donors (Lipinski definition) is 1. The molecule has 0 aromatic carbocycles. The zero-order chi connectivity index (χ0) is 11.4. The van der Waals surface area contributed by atoms with Gasteiger partial charge in [-0.05, 0) is 19.3 Å². The minimum Gasteiger partial charge on any atom is -0.395 e. The highest BCUT2D eigenvalue weighted by molar-refractivity contribution is 5.77. The lowest BCUT2D eigenvalue weighted by atomic mass is 9.91. The van der Waals surface area contributed by atoms with Crippen LogP contribution in [0, 0.1) is 5.41 Å². The first kappa shape index (κ1) is 13.4. The van der Waals surface area contributed by atoms with Gasteiger partial charge in [-0.15, -0.1) is 0 Å². The molecule has 0 aliphatic heterocycles. The van der Waals surface area contributed by atoms with E-state index in [1.54, 1.807) is 4.90 Å². The van der Waals surface area contributed by atoms with Crippen LogP contribution >= 0.6 is 0 Å². The van der Waals surface area contributed by atoms with Crippen molar-refractivity contribution in [2.75, 3.05) is 13.2 Å². The van der Waals surface area contributed by atoms with Crippen molar-refractivity contribution in [1.82, 2.24) is 4.90 Å². The van der Waals surface area contributed by atoms with Crippen LogP contribution in [0.1, 0.15) is 41.0 Å². The van der Waals surface area contributed by atoms with E-state index in [0.717, 1.165) is 0 Å².